The summed E-state index contributed by atoms with van der Waals surface area (Å²) in [4.78, 5) is 11.8. The van der Waals surface area contributed by atoms with Gasteiger partial charge in [-0.25, -0.2) is 0 Å². The number of ether oxygens (including phenoxy) is 1. The van der Waals surface area contributed by atoms with Crippen molar-refractivity contribution in [1.82, 2.24) is 0 Å². The predicted octanol–water partition coefficient (Wildman–Crippen LogP) is 2.46. The maximum Gasteiger partial charge on any atom is 0.191 e. The topological polar surface area (TPSA) is 26.3 Å². The van der Waals surface area contributed by atoms with Gasteiger partial charge in [-0.2, -0.15) is 0 Å². The maximum absolute atomic E-state index is 11.8. The molecule has 0 aromatic heterocycles. The fraction of sp³-hybridized carbons (Fsp3) is 0.250. The zero-order valence-electron chi connectivity index (χ0n) is 8.49. The second kappa shape index (κ2) is 4.72. The van der Waals surface area contributed by atoms with Crippen molar-refractivity contribution >= 4 is 5.78 Å². The van der Waals surface area contributed by atoms with E-state index in [1.807, 2.05) is 25.1 Å². The van der Waals surface area contributed by atoms with Gasteiger partial charge in [0.2, 0.25) is 0 Å². The first-order chi connectivity index (χ1) is 6.66. The van der Waals surface area contributed by atoms with Gasteiger partial charge >= 0.3 is 0 Å². The fourth-order valence-corrected chi connectivity index (χ4v) is 1.10. The molecule has 2 heteroatoms. The highest BCUT2D eigenvalue weighted by atomic mass is 16.5. The van der Waals surface area contributed by atoms with Crippen LogP contribution >= 0.6 is 0 Å². The Morgan fingerprint density at radius 1 is 1.36 bits per heavy atom. The summed E-state index contributed by atoms with van der Waals surface area (Å²) in [6.45, 7) is 5.54. The molecule has 0 saturated carbocycles. The van der Waals surface area contributed by atoms with Crippen molar-refractivity contribution in [3.63, 3.8) is 0 Å². The Hall–Kier alpha value is -1.41. The number of hydrogen-bond acceptors (Lipinski definition) is 2. The normalized spacial score (nSPS) is 12.1. The van der Waals surface area contributed by atoms with Gasteiger partial charge in [-0.15, -0.1) is 0 Å². The molecule has 1 unspecified atom stereocenters. The molecule has 0 aliphatic heterocycles. The molecule has 0 aliphatic carbocycles. The lowest BCUT2D eigenvalue weighted by Gasteiger charge is -2.11. The molecule has 14 heavy (non-hydrogen) atoms. The highest BCUT2D eigenvalue weighted by Crippen LogP contribution is 2.11. The Bertz CT molecular complexity index is 327. The van der Waals surface area contributed by atoms with Crippen LogP contribution in [0.25, 0.3) is 0 Å². The molecule has 0 aliphatic rings. The average molecular weight is 190 g/mol. The molecule has 0 N–H and O–H groups in total. The monoisotopic (exact) mass is 190 g/mol. The lowest BCUT2D eigenvalue weighted by molar-refractivity contribution is 0.0952. The third kappa shape index (κ3) is 2.30. The van der Waals surface area contributed by atoms with Gasteiger partial charge in [0.05, 0.1) is 6.10 Å². The molecule has 2 nitrogen and oxygen atoms in total. The molecule has 1 atom stereocenters. The second-order valence-electron chi connectivity index (χ2n) is 3.10. The number of hydrogen-bond donors (Lipinski definition) is 0. The Labute approximate surface area is 84.2 Å². The molecule has 0 fully saturated rings. The van der Waals surface area contributed by atoms with E-state index in [2.05, 4.69) is 6.58 Å². The molecule has 1 rings (SSSR count). The fourth-order valence-electron chi connectivity index (χ4n) is 1.10. The van der Waals surface area contributed by atoms with Gasteiger partial charge in [-0.05, 0) is 6.92 Å². The first-order valence-electron chi connectivity index (χ1n) is 4.48. The van der Waals surface area contributed by atoms with Crippen LogP contribution in [0.5, 0.6) is 0 Å². The molecule has 0 bridgehead atoms. The SMILES string of the molecule is C=C(C(=O)c1ccccc1)C(C)OC. The van der Waals surface area contributed by atoms with Crippen molar-refractivity contribution in [3.8, 4) is 0 Å². The summed E-state index contributed by atoms with van der Waals surface area (Å²) >= 11 is 0. The average Bonchev–Trinajstić information content (AvgIpc) is 2.27. The molecule has 1 aromatic rings. The van der Waals surface area contributed by atoms with Crippen molar-refractivity contribution in [2.75, 3.05) is 7.11 Å². The van der Waals surface area contributed by atoms with E-state index in [-0.39, 0.29) is 11.9 Å². The quantitative estimate of drug-likeness (QED) is 0.538. The molecule has 0 heterocycles. The van der Waals surface area contributed by atoms with Crippen LogP contribution < -0.4 is 0 Å². The van der Waals surface area contributed by atoms with Crippen LogP contribution in [0.3, 0.4) is 0 Å². The first-order valence-corrected chi connectivity index (χ1v) is 4.48. The van der Waals surface area contributed by atoms with Gasteiger partial charge in [0.15, 0.2) is 5.78 Å². The third-order valence-corrected chi connectivity index (χ3v) is 2.17. The summed E-state index contributed by atoms with van der Waals surface area (Å²) in [5.74, 6) is -0.0556. The van der Waals surface area contributed by atoms with Crippen molar-refractivity contribution in [1.29, 1.82) is 0 Å². The maximum atomic E-state index is 11.8. The zero-order valence-corrected chi connectivity index (χ0v) is 8.49. The minimum Gasteiger partial charge on any atom is -0.377 e. The highest BCUT2D eigenvalue weighted by Gasteiger charge is 2.15. The van der Waals surface area contributed by atoms with Crippen molar-refractivity contribution in [3.05, 3.63) is 48.0 Å². The van der Waals surface area contributed by atoms with Gasteiger partial charge in [0.25, 0.3) is 0 Å². The van der Waals surface area contributed by atoms with Crippen molar-refractivity contribution in [2.24, 2.45) is 0 Å². The number of rotatable bonds is 4. The van der Waals surface area contributed by atoms with Crippen LogP contribution in [0.4, 0.5) is 0 Å². The summed E-state index contributed by atoms with van der Waals surface area (Å²) in [5.41, 5.74) is 1.14. The van der Waals surface area contributed by atoms with Crippen LogP contribution in [-0.2, 0) is 4.74 Å². The van der Waals surface area contributed by atoms with E-state index in [4.69, 9.17) is 4.74 Å². The van der Waals surface area contributed by atoms with Crippen LogP contribution in [-0.4, -0.2) is 19.0 Å². The van der Waals surface area contributed by atoms with E-state index in [9.17, 15) is 4.79 Å². The van der Waals surface area contributed by atoms with Crippen LogP contribution in [0.15, 0.2) is 42.5 Å². The van der Waals surface area contributed by atoms with Gasteiger partial charge in [0.1, 0.15) is 0 Å². The van der Waals surface area contributed by atoms with E-state index in [1.54, 1.807) is 19.2 Å². The number of Topliss-reactive ketones (excluding diaryl/α,β-unsaturated/α-hetero) is 1. The second-order valence-corrected chi connectivity index (χ2v) is 3.10. The number of benzene rings is 1. The summed E-state index contributed by atoms with van der Waals surface area (Å²) in [5, 5.41) is 0. The summed E-state index contributed by atoms with van der Waals surface area (Å²) in [7, 11) is 1.56. The van der Waals surface area contributed by atoms with E-state index < -0.39 is 0 Å². The number of ketones is 1. The Kier molecular flexibility index (Phi) is 3.60. The van der Waals surface area contributed by atoms with E-state index in [0.29, 0.717) is 11.1 Å². The third-order valence-electron chi connectivity index (χ3n) is 2.17. The highest BCUT2D eigenvalue weighted by molar-refractivity contribution is 6.08. The molecule has 0 saturated heterocycles. The lowest BCUT2D eigenvalue weighted by Crippen LogP contribution is -2.16. The van der Waals surface area contributed by atoms with E-state index in [0.717, 1.165) is 0 Å². The molecular weight excluding hydrogens is 176 g/mol. The number of methoxy groups -OCH3 is 1. The predicted molar refractivity (Wildman–Crippen MR) is 56.4 cm³/mol. The van der Waals surface area contributed by atoms with Crippen molar-refractivity contribution < 1.29 is 9.53 Å². The minimum absolute atomic E-state index is 0.0556. The van der Waals surface area contributed by atoms with Gasteiger partial charge in [-0.1, -0.05) is 36.9 Å². The molecular formula is C12H14O2. The van der Waals surface area contributed by atoms with Gasteiger partial charge in [-0.3, -0.25) is 4.79 Å². The minimum atomic E-state index is -0.234. The molecule has 0 radical (unpaired) electrons. The van der Waals surface area contributed by atoms with E-state index in [1.165, 1.54) is 0 Å². The number of carbonyl (C=O) groups excluding carboxylic acids is 1. The standard InChI is InChI=1S/C12H14O2/c1-9(10(2)14-3)12(13)11-7-5-4-6-8-11/h4-8,10H,1H2,2-3H3. The van der Waals surface area contributed by atoms with Crippen molar-refractivity contribution in [2.45, 2.75) is 13.0 Å². The van der Waals surface area contributed by atoms with Crippen LogP contribution in [0, 0.1) is 0 Å². The summed E-state index contributed by atoms with van der Waals surface area (Å²) in [6.07, 6.45) is -0.234. The Morgan fingerprint density at radius 3 is 2.43 bits per heavy atom. The molecule has 0 spiro atoms. The summed E-state index contributed by atoms with van der Waals surface area (Å²) in [6, 6.07) is 9.08. The molecule has 74 valence electrons. The largest absolute Gasteiger partial charge is 0.377 e. The van der Waals surface area contributed by atoms with E-state index >= 15 is 0 Å². The number of carbonyl (C=O) groups is 1. The lowest BCUT2D eigenvalue weighted by atomic mass is 10.0. The first kappa shape index (κ1) is 10.7. The van der Waals surface area contributed by atoms with Gasteiger partial charge < -0.3 is 4.74 Å². The Balaban J connectivity index is 2.82. The van der Waals surface area contributed by atoms with Gasteiger partial charge in [0, 0.05) is 18.2 Å². The van der Waals surface area contributed by atoms with Crippen LogP contribution in [0.2, 0.25) is 0 Å². The zero-order chi connectivity index (χ0) is 10.6. The molecule has 0 amide bonds. The summed E-state index contributed by atoms with van der Waals surface area (Å²) < 4.78 is 5.03. The molecule has 1 aromatic carbocycles. The van der Waals surface area contributed by atoms with Crippen LogP contribution in [0.1, 0.15) is 17.3 Å². The smallest absolute Gasteiger partial charge is 0.191 e. The Morgan fingerprint density at radius 2 is 1.93 bits per heavy atom.